The quantitative estimate of drug-likeness (QED) is 0.0200. The average molecular weight is 946 g/mol. The summed E-state index contributed by atoms with van der Waals surface area (Å²) < 4.78 is 6.76. The fourth-order valence-corrected chi connectivity index (χ4v) is 10.5. The molecule has 3 heterocycles. The summed E-state index contributed by atoms with van der Waals surface area (Å²) in [6.45, 7) is 1.98. The van der Waals surface area contributed by atoms with Gasteiger partial charge in [0.1, 0.15) is 35.0 Å². The molecular weight excluding hydrogens is 906 g/mol. The van der Waals surface area contributed by atoms with Gasteiger partial charge < -0.3 is 20.2 Å². The number of hydrogen-bond acceptors (Lipinski definition) is 10. The Bertz CT molecular complexity index is 2370. The molecule has 0 spiro atoms. The van der Waals surface area contributed by atoms with Gasteiger partial charge in [0.2, 0.25) is 0 Å². The molecule has 0 unspecified atom stereocenters. The van der Waals surface area contributed by atoms with Gasteiger partial charge in [0.05, 0.1) is 0 Å². The minimum Gasteiger partial charge on any atom is -0.448 e. The summed E-state index contributed by atoms with van der Waals surface area (Å²) in [6.07, 6.45) is -0.684. The fraction of sp³-hybridized carbons (Fsp3) is 0.170. The number of esters is 1. The van der Waals surface area contributed by atoms with Gasteiger partial charge in [0.15, 0.2) is 16.9 Å². The lowest BCUT2D eigenvalue weighted by Crippen LogP contribution is -2.71. The number of anilines is 1. The number of halogens is 1. The normalized spacial score (nSPS) is 16.5. The van der Waals surface area contributed by atoms with Crippen molar-refractivity contribution < 1.29 is 24.0 Å². The third-order valence-electron chi connectivity index (χ3n) is 10.3. The standard InChI is InChI=1S/C47H40IN5O5S2/c1-2-57-52-38(37-30-60-46(49-37)51-47(34-22-12-5-13-23-34,35-24-14-6-15-25-35)36-26-16-7-17-27-36)42(54)50-39-43(55)53-40(33(28-48)29-59-44(39)53)45(56)58-41(31-18-8-3-9-19-31)32-20-10-4-11-21-32/h3-27,30,39,41,44H,2,28-29H2,1H3,(H,49,51)(H,50,54)/t39-,44-/m1/s1. The molecule has 60 heavy (non-hydrogen) atoms. The molecule has 1 saturated heterocycles. The number of thioether (sulfide) groups is 1. The zero-order valence-electron chi connectivity index (χ0n) is 32.4. The molecule has 2 aliphatic heterocycles. The van der Waals surface area contributed by atoms with Crippen LogP contribution in [0.3, 0.4) is 0 Å². The Morgan fingerprint density at radius 1 is 0.833 bits per heavy atom. The van der Waals surface area contributed by atoms with Gasteiger partial charge >= 0.3 is 5.97 Å². The topological polar surface area (TPSA) is 122 Å². The van der Waals surface area contributed by atoms with E-state index in [4.69, 9.17) is 14.6 Å². The fourth-order valence-electron chi connectivity index (χ4n) is 7.45. The summed E-state index contributed by atoms with van der Waals surface area (Å²) in [6, 6.07) is 48.6. The van der Waals surface area contributed by atoms with Crippen LogP contribution in [-0.2, 0) is 29.5 Å². The lowest BCUT2D eigenvalue weighted by molar-refractivity contribution is -0.154. The van der Waals surface area contributed by atoms with E-state index in [1.54, 1.807) is 12.3 Å². The molecule has 302 valence electrons. The van der Waals surface area contributed by atoms with Crippen molar-refractivity contribution in [3.8, 4) is 0 Å². The second-order valence-electron chi connectivity index (χ2n) is 13.9. The van der Waals surface area contributed by atoms with Crippen molar-refractivity contribution in [1.82, 2.24) is 15.2 Å². The first-order chi connectivity index (χ1) is 29.4. The molecule has 1 aromatic heterocycles. The van der Waals surface area contributed by atoms with Crippen LogP contribution in [0.2, 0.25) is 0 Å². The third-order valence-corrected chi connectivity index (χ3v) is 13.3. The Labute approximate surface area is 370 Å². The Morgan fingerprint density at radius 2 is 1.35 bits per heavy atom. The molecule has 1 fully saturated rings. The number of hydrogen-bond donors (Lipinski definition) is 2. The lowest BCUT2D eigenvalue weighted by Gasteiger charge is -2.49. The number of thiazole rings is 1. The summed E-state index contributed by atoms with van der Waals surface area (Å²) in [5.41, 5.74) is 4.98. The minimum absolute atomic E-state index is 0.0744. The average Bonchev–Trinajstić information content (AvgIpc) is 3.77. The summed E-state index contributed by atoms with van der Waals surface area (Å²) in [5.74, 6) is -1.15. The van der Waals surface area contributed by atoms with Crippen LogP contribution >= 0.6 is 45.7 Å². The third kappa shape index (κ3) is 8.21. The number of nitrogens with zero attached hydrogens (tertiary/aromatic N) is 3. The van der Waals surface area contributed by atoms with Gasteiger partial charge in [0.25, 0.3) is 11.8 Å². The predicted molar refractivity (Wildman–Crippen MR) is 245 cm³/mol. The Hall–Kier alpha value is -5.77. The zero-order chi connectivity index (χ0) is 41.5. The van der Waals surface area contributed by atoms with E-state index in [1.807, 2.05) is 115 Å². The number of carbonyl (C=O) groups excluding carboxylic acids is 3. The predicted octanol–water partition coefficient (Wildman–Crippen LogP) is 8.71. The van der Waals surface area contributed by atoms with Crippen LogP contribution in [0.4, 0.5) is 5.13 Å². The molecule has 2 amide bonds. The van der Waals surface area contributed by atoms with Gasteiger partial charge in [-0.05, 0) is 40.3 Å². The smallest absolute Gasteiger partial charge is 0.356 e. The summed E-state index contributed by atoms with van der Waals surface area (Å²) in [5, 5.41) is 12.6. The van der Waals surface area contributed by atoms with Crippen LogP contribution in [0.25, 0.3) is 0 Å². The molecule has 0 radical (unpaired) electrons. The summed E-state index contributed by atoms with van der Waals surface area (Å²) in [7, 11) is 0. The van der Waals surface area contributed by atoms with Gasteiger partial charge in [-0.2, -0.15) is 0 Å². The maximum absolute atomic E-state index is 14.2. The van der Waals surface area contributed by atoms with Crippen molar-refractivity contribution in [3.63, 3.8) is 0 Å². The van der Waals surface area contributed by atoms with Gasteiger partial charge in [-0.1, -0.05) is 179 Å². The van der Waals surface area contributed by atoms with Crippen LogP contribution in [0, 0.1) is 0 Å². The van der Waals surface area contributed by atoms with Crippen molar-refractivity contribution >= 4 is 74.3 Å². The highest BCUT2D eigenvalue weighted by molar-refractivity contribution is 14.1. The Balaban J connectivity index is 1.04. The van der Waals surface area contributed by atoms with Gasteiger partial charge in [-0.25, -0.2) is 9.78 Å². The molecule has 0 bridgehead atoms. The number of rotatable bonds is 15. The second kappa shape index (κ2) is 18.7. The maximum Gasteiger partial charge on any atom is 0.356 e. The van der Waals surface area contributed by atoms with Crippen LogP contribution < -0.4 is 10.6 Å². The molecular formula is C47H40IN5O5S2. The molecule has 10 nitrogen and oxygen atoms in total. The number of benzene rings is 5. The first kappa shape index (κ1) is 41.0. The van der Waals surface area contributed by atoms with Crippen molar-refractivity contribution in [3.05, 3.63) is 202 Å². The van der Waals surface area contributed by atoms with Gasteiger partial charge in [-0.3, -0.25) is 14.5 Å². The minimum atomic E-state index is -0.926. The van der Waals surface area contributed by atoms with Crippen molar-refractivity contribution in [1.29, 1.82) is 0 Å². The Kier molecular flexibility index (Phi) is 12.7. The number of amides is 2. The number of oxime groups is 1. The molecule has 2 atom stereocenters. The molecule has 8 rings (SSSR count). The van der Waals surface area contributed by atoms with E-state index in [1.165, 1.54) is 28.0 Å². The highest BCUT2D eigenvalue weighted by atomic mass is 127. The van der Waals surface area contributed by atoms with Crippen LogP contribution in [0.1, 0.15) is 46.5 Å². The lowest BCUT2D eigenvalue weighted by atomic mass is 9.77. The van der Waals surface area contributed by atoms with E-state index in [2.05, 4.69) is 74.8 Å². The van der Waals surface area contributed by atoms with Crippen LogP contribution in [-0.4, -0.2) is 61.6 Å². The molecule has 2 N–H and O–H groups in total. The highest BCUT2D eigenvalue weighted by Gasteiger charge is 2.55. The number of fused-ring (bicyclic) bond motifs is 1. The summed E-state index contributed by atoms with van der Waals surface area (Å²) in [4.78, 5) is 54.1. The number of β-lactam (4-membered cyclic amide) rings is 1. The number of carbonyl (C=O) groups is 3. The number of nitrogens with one attached hydrogen (secondary N) is 2. The second-order valence-corrected chi connectivity index (χ2v) is 16.6. The van der Waals surface area contributed by atoms with Crippen molar-refractivity contribution in [2.75, 3.05) is 22.1 Å². The molecule has 5 aromatic carbocycles. The van der Waals surface area contributed by atoms with E-state index >= 15 is 0 Å². The molecule has 0 saturated carbocycles. The molecule has 0 aliphatic carbocycles. The summed E-state index contributed by atoms with van der Waals surface area (Å²) >= 11 is 5.02. The first-order valence-corrected chi connectivity index (χ1v) is 22.8. The van der Waals surface area contributed by atoms with Crippen LogP contribution in [0.15, 0.2) is 173 Å². The van der Waals surface area contributed by atoms with Gasteiger partial charge in [0, 0.05) is 15.6 Å². The number of alkyl halides is 1. The monoisotopic (exact) mass is 945 g/mol. The zero-order valence-corrected chi connectivity index (χ0v) is 36.2. The molecule has 6 aromatic rings. The van der Waals surface area contributed by atoms with E-state index in [0.29, 0.717) is 15.3 Å². The first-order valence-electron chi connectivity index (χ1n) is 19.4. The van der Waals surface area contributed by atoms with E-state index < -0.39 is 40.8 Å². The van der Waals surface area contributed by atoms with Crippen molar-refractivity contribution in [2.45, 2.75) is 30.0 Å². The van der Waals surface area contributed by atoms with Crippen molar-refractivity contribution in [2.24, 2.45) is 5.16 Å². The molecule has 2 aliphatic rings. The molecule has 13 heteroatoms. The largest absolute Gasteiger partial charge is 0.448 e. The van der Waals surface area contributed by atoms with E-state index in [9.17, 15) is 14.4 Å². The number of aromatic nitrogens is 1. The van der Waals surface area contributed by atoms with E-state index in [-0.39, 0.29) is 23.7 Å². The highest BCUT2D eigenvalue weighted by Crippen LogP contribution is 2.43. The van der Waals surface area contributed by atoms with E-state index in [0.717, 1.165) is 33.4 Å². The van der Waals surface area contributed by atoms with Crippen LogP contribution in [0.5, 0.6) is 0 Å². The SMILES string of the molecule is CCON=C(C(=O)N[C@@H]1C(=O)N2C(C(=O)OC(c3ccccc3)c3ccccc3)=C(CI)CS[C@H]12)c1csc(NC(c2ccccc2)(c2ccccc2)c2ccccc2)n1. The Morgan fingerprint density at radius 3 is 1.85 bits per heavy atom. The maximum atomic E-state index is 14.2. The number of ether oxygens (including phenoxy) is 1. The van der Waals surface area contributed by atoms with Gasteiger partial charge in [-0.15, -0.1) is 23.1 Å².